The molecule has 2 aliphatic carbocycles. The average Bonchev–Trinajstić information content (AvgIpc) is 2.59. The van der Waals surface area contributed by atoms with Crippen LogP contribution in [0.15, 0.2) is 24.3 Å². The van der Waals surface area contributed by atoms with E-state index in [9.17, 15) is 68.7 Å². The van der Waals surface area contributed by atoms with Crippen LogP contribution in [0.5, 0.6) is 11.5 Å². The van der Waals surface area contributed by atoms with Crippen molar-refractivity contribution in [3.63, 3.8) is 0 Å². The number of nitrogens with two attached hydrogens (primary N) is 1. The number of fused-ring (bicyclic) bond motifs is 2. The number of nitrogens with zero attached hydrogens (tertiary/aromatic N) is 6. The smallest absolute Gasteiger partial charge is 0.417 e. The highest BCUT2D eigenvalue weighted by Crippen LogP contribution is 2.53. The lowest BCUT2D eigenvalue weighted by atomic mass is 9.97. The van der Waals surface area contributed by atoms with Crippen molar-refractivity contribution in [3.05, 3.63) is 46.5 Å². The molecule has 0 bridgehead atoms. The number of ether oxygens (including phenoxy) is 4. The van der Waals surface area contributed by atoms with Crippen molar-refractivity contribution in [1.29, 1.82) is 0 Å². The molecule has 2 aromatic rings. The summed E-state index contributed by atoms with van der Waals surface area (Å²) in [4.78, 5) is 99.3. The average molecular weight is 1190 g/mol. The second-order valence-electron chi connectivity index (χ2n) is 24.3. The molecule has 6 aliphatic rings. The van der Waals surface area contributed by atoms with Crippen LogP contribution >= 0.6 is 0 Å². The van der Waals surface area contributed by atoms with E-state index in [0.29, 0.717) is 57.7 Å². The molecule has 2 saturated carbocycles. The highest BCUT2D eigenvalue weighted by molar-refractivity contribution is 6.08. The summed E-state index contributed by atoms with van der Waals surface area (Å²) in [7, 11) is 0. The first-order valence-electron chi connectivity index (χ1n) is 27.8. The number of carbonyl (C=O) groups is 7. The summed E-state index contributed by atoms with van der Waals surface area (Å²) in [5.74, 6) is -4.68. The molecule has 3 N–H and O–H groups in total. The normalized spacial score (nSPS) is 20.0. The molecule has 2 spiro atoms. The van der Waals surface area contributed by atoms with E-state index in [0.717, 1.165) is 23.1 Å². The number of piperidine rings is 2. The largest absolute Gasteiger partial charge is 0.475 e. The Bertz CT molecular complexity index is 2830. The van der Waals surface area contributed by atoms with E-state index in [2.05, 4.69) is 0 Å². The van der Waals surface area contributed by atoms with Gasteiger partial charge in [0.25, 0.3) is 29.5 Å². The van der Waals surface area contributed by atoms with Crippen molar-refractivity contribution < 1.29 is 87.6 Å². The van der Waals surface area contributed by atoms with Crippen LogP contribution in [0.25, 0.3) is 0 Å². The van der Waals surface area contributed by atoms with Gasteiger partial charge in [0.15, 0.2) is 11.2 Å². The lowest BCUT2D eigenvalue weighted by Gasteiger charge is -2.42. The zero-order valence-corrected chi connectivity index (χ0v) is 48.3. The van der Waals surface area contributed by atoms with Gasteiger partial charge in [-0.05, 0) is 119 Å². The van der Waals surface area contributed by atoms with E-state index < -0.39 is 130 Å². The van der Waals surface area contributed by atoms with Gasteiger partial charge in [-0.2, -0.15) is 35.1 Å². The Kier molecular flexibility index (Phi) is 18.3. The van der Waals surface area contributed by atoms with Crippen molar-refractivity contribution in [2.24, 2.45) is 5.73 Å². The number of amides is 7. The van der Waals surface area contributed by atoms with E-state index in [1.54, 1.807) is 69.2 Å². The number of benzene rings is 2. The molecule has 460 valence electrons. The summed E-state index contributed by atoms with van der Waals surface area (Å²) in [5.41, 5.74) is -2.05. The number of likely N-dealkylation sites (tertiary alicyclic amines) is 2. The zero-order valence-electron chi connectivity index (χ0n) is 48.3. The van der Waals surface area contributed by atoms with Crippen LogP contribution < -0.4 is 30.3 Å². The lowest BCUT2D eigenvalue weighted by molar-refractivity contribution is -0.139. The fourth-order valence-electron chi connectivity index (χ4n) is 10.8. The van der Waals surface area contributed by atoms with Crippen LogP contribution in [0, 0.1) is 0 Å². The van der Waals surface area contributed by atoms with Crippen LogP contribution in [0.3, 0.4) is 0 Å². The molecule has 0 radical (unpaired) electrons. The minimum Gasteiger partial charge on any atom is -0.475 e. The number of rotatable bonds is 12. The summed E-state index contributed by atoms with van der Waals surface area (Å²) in [6, 6.07) is 1.36. The first kappa shape index (κ1) is 63.9. The van der Waals surface area contributed by atoms with Gasteiger partial charge in [0.2, 0.25) is 0 Å². The van der Waals surface area contributed by atoms with E-state index in [1.807, 2.05) is 5.32 Å². The molecule has 2 aromatic carbocycles. The Hall–Kier alpha value is -6.67. The number of halogens is 8. The second-order valence-corrected chi connectivity index (χ2v) is 24.3. The van der Waals surface area contributed by atoms with Gasteiger partial charge >= 0.3 is 31.0 Å². The van der Waals surface area contributed by atoms with Gasteiger partial charge in [-0.25, -0.2) is 9.59 Å². The lowest BCUT2D eigenvalue weighted by Crippen LogP contribution is -2.54. The molecule has 0 aromatic heterocycles. The molecule has 7 amide bonds. The maximum absolute atomic E-state index is 14.5. The quantitative estimate of drug-likeness (QED) is 0.191. The molecule has 2 saturated heterocycles. The molecule has 2 atom stereocenters. The molecule has 4 heterocycles. The minimum atomic E-state index is -4.98. The highest BCUT2D eigenvalue weighted by Gasteiger charge is 2.60. The van der Waals surface area contributed by atoms with E-state index in [-0.39, 0.29) is 74.3 Å². The summed E-state index contributed by atoms with van der Waals surface area (Å²) in [6.07, 6.45) is -11.0. The van der Waals surface area contributed by atoms with Crippen molar-refractivity contribution in [1.82, 2.24) is 24.9 Å². The van der Waals surface area contributed by atoms with Gasteiger partial charge in [-0.15, -0.1) is 0 Å². The third-order valence-electron chi connectivity index (χ3n) is 14.8. The summed E-state index contributed by atoms with van der Waals surface area (Å²) >= 11 is 0. The first-order valence-corrected chi connectivity index (χ1v) is 27.8. The van der Waals surface area contributed by atoms with Gasteiger partial charge in [0, 0.05) is 90.1 Å². The van der Waals surface area contributed by atoms with E-state index in [1.165, 1.54) is 24.5 Å². The molecule has 4 aliphatic heterocycles. The third kappa shape index (κ3) is 14.3. The van der Waals surface area contributed by atoms with Crippen molar-refractivity contribution in [3.8, 4) is 11.5 Å². The second kappa shape index (κ2) is 23.8. The number of nitrogens with one attached hydrogen (secondary N) is 1. The molecular formula is C56H74F8N8O11. The third-order valence-corrected chi connectivity index (χ3v) is 14.8. The number of hydrogen-bond acceptors (Lipinski definition) is 12. The van der Waals surface area contributed by atoms with Crippen LogP contribution in [0.4, 0.5) is 56.1 Å². The van der Waals surface area contributed by atoms with Crippen LogP contribution in [-0.2, 0) is 36.2 Å². The van der Waals surface area contributed by atoms with Gasteiger partial charge in [0.05, 0.1) is 45.7 Å². The molecule has 0 unspecified atom stereocenters. The highest BCUT2D eigenvalue weighted by atomic mass is 19.4. The first-order chi connectivity index (χ1) is 38.4. The van der Waals surface area contributed by atoms with E-state index in [4.69, 9.17) is 24.7 Å². The van der Waals surface area contributed by atoms with Gasteiger partial charge < -0.3 is 59.4 Å². The van der Waals surface area contributed by atoms with Gasteiger partial charge in [-0.1, -0.05) is 0 Å². The molecule has 19 nitrogen and oxygen atoms in total. The van der Waals surface area contributed by atoms with Crippen molar-refractivity contribution in [2.45, 2.75) is 186 Å². The number of hydrogen-bond donors (Lipinski definition) is 2. The van der Waals surface area contributed by atoms with Crippen LogP contribution in [0.2, 0.25) is 0 Å². The monoisotopic (exact) mass is 1190 g/mol. The Morgan fingerprint density at radius 3 is 1.34 bits per heavy atom. The maximum Gasteiger partial charge on any atom is 0.417 e. The zero-order chi connectivity index (χ0) is 61.7. The Morgan fingerprint density at radius 2 is 1.02 bits per heavy atom. The maximum atomic E-state index is 14.5. The Labute approximate surface area is 476 Å². The molecule has 27 heteroatoms. The standard InChI is InChI=1S/C29H37F5N4O6.C27H37F3N4O5/c1-16(2)38(17-7-6-11-36(15-17)26(42)44-27(3,4)5)24(40)18-13-20-21(14-19(18)29(32,33)34)43-28(8-9-28)25(41)37(20)12-10-35-23(39)22(30)31;1-16(2)34(17-7-6-11-32(15-17)24(37)39-25(3,4)5)22(35)18-13-20-21(14-19(18)27(28,29)30)38-26(8-9-26)23(36)33(20)12-10-31/h13-14,16-17,22H,6-12,15H2,1-5H3,(H,35,39);13-14,16-17H,6-12,15,31H2,1-5H3/t2*17-/m11/s1. The predicted octanol–water partition coefficient (Wildman–Crippen LogP) is 8.77. The van der Waals surface area contributed by atoms with Crippen molar-refractivity contribution in [2.75, 3.05) is 62.2 Å². The predicted molar refractivity (Wildman–Crippen MR) is 285 cm³/mol. The number of carbonyl (C=O) groups excluding carboxylic acids is 7. The molecule has 83 heavy (non-hydrogen) atoms. The summed E-state index contributed by atoms with van der Waals surface area (Å²) < 4.78 is 134. The number of alkyl halides is 8. The fourth-order valence-corrected chi connectivity index (χ4v) is 10.8. The summed E-state index contributed by atoms with van der Waals surface area (Å²) in [5, 5.41) is 1.98. The van der Waals surface area contributed by atoms with E-state index >= 15 is 0 Å². The Morgan fingerprint density at radius 1 is 0.651 bits per heavy atom. The topological polar surface area (TPSA) is 214 Å². The SMILES string of the molecule is CC(C)N(C(=O)c1cc2c(cc1C(F)(F)F)OC1(CC1)C(=O)N2CCN)[C@@H]1CCCN(C(=O)OC(C)(C)C)C1.CC(C)N(C(=O)c1cc2c(cc1C(F)(F)F)OC1(CC1)C(=O)N2CCNC(=O)C(F)F)[C@@H]1CCCN(C(=O)OC(C)(C)C)C1. The molecular weight excluding hydrogens is 1110 g/mol. The molecule has 8 rings (SSSR count). The fraction of sp³-hybridized carbons (Fsp3) is 0.661. The minimum absolute atomic E-state index is 0.0468. The van der Waals surface area contributed by atoms with Crippen LogP contribution in [0.1, 0.15) is 152 Å². The Balaban J connectivity index is 0.000000240. The summed E-state index contributed by atoms with van der Waals surface area (Å²) in [6.45, 7) is 17.5. The van der Waals surface area contributed by atoms with Gasteiger partial charge in [-0.3, -0.25) is 24.0 Å². The van der Waals surface area contributed by atoms with Crippen LogP contribution in [-0.4, -0.2) is 167 Å². The van der Waals surface area contributed by atoms with Crippen molar-refractivity contribution >= 4 is 53.1 Å². The molecule has 4 fully saturated rings. The van der Waals surface area contributed by atoms with Gasteiger partial charge in [0.1, 0.15) is 22.7 Å². The number of anilines is 2.